The van der Waals surface area contributed by atoms with Crippen LogP contribution in [0.3, 0.4) is 0 Å². The highest BCUT2D eigenvalue weighted by molar-refractivity contribution is 5.75. The van der Waals surface area contributed by atoms with E-state index in [4.69, 9.17) is 4.74 Å². The highest BCUT2D eigenvalue weighted by Crippen LogP contribution is 2.16. The highest BCUT2D eigenvalue weighted by Gasteiger charge is 2.18. The molecule has 2 saturated heterocycles. The van der Waals surface area contributed by atoms with Gasteiger partial charge in [-0.1, -0.05) is 0 Å². The minimum Gasteiger partial charge on any atom is -0.378 e. The molecule has 1 atom stereocenters. The van der Waals surface area contributed by atoms with Crippen LogP contribution in [0.25, 0.3) is 0 Å². The van der Waals surface area contributed by atoms with Crippen LogP contribution in [-0.4, -0.2) is 38.3 Å². The Balaban J connectivity index is 1.52. The lowest BCUT2D eigenvalue weighted by molar-refractivity contribution is -0.122. The number of ether oxygens (including phenoxy) is 1. The van der Waals surface area contributed by atoms with Crippen molar-refractivity contribution < 1.29 is 9.53 Å². The fourth-order valence-electron chi connectivity index (χ4n) is 2.17. The van der Waals surface area contributed by atoms with Gasteiger partial charge in [-0.15, -0.1) is 0 Å². The zero-order valence-corrected chi connectivity index (χ0v) is 9.84. The maximum atomic E-state index is 11.5. The molecule has 2 aliphatic rings. The van der Waals surface area contributed by atoms with Gasteiger partial charge in [0.1, 0.15) is 0 Å². The van der Waals surface area contributed by atoms with Gasteiger partial charge in [0.15, 0.2) is 0 Å². The molecule has 0 bridgehead atoms. The van der Waals surface area contributed by atoms with Gasteiger partial charge in [-0.2, -0.15) is 0 Å². The average Bonchev–Trinajstić information content (AvgIpc) is 2.26. The second-order valence-electron chi connectivity index (χ2n) is 4.86. The van der Waals surface area contributed by atoms with Crippen molar-refractivity contribution in [3.05, 3.63) is 0 Å². The van der Waals surface area contributed by atoms with E-state index in [2.05, 4.69) is 10.6 Å². The molecule has 0 saturated carbocycles. The second-order valence-corrected chi connectivity index (χ2v) is 4.86. The third-order valence-electron chi connectivity index (χ3n) is 3.42. The molecular formula is C12H22N2O2. The molecule has 2 N–H and O–H groups in total. The maximum Gasteiger partial charge on any atom is 0.220 e. The first-order valence-electron chi connectivity index (χ1n) is 6.43. The first kappa shape index (κ1) is 11.9. The third kappa shape index (κ3) is 3.76. The lowest BCUT2D eigenvalue weighted by atomic mass is 10.0. The average molecular weight is 226 g/mol. The standard InChI is InChI=1S/C12H22N2O2/c15-12(14-9-10-7-13-8-10)5-4-11-3-1-2-6-16-11/h10-11,13H,1-9H2,(H,14,15). The van der Waals surface area contributed by atoms with Crippen molar-refractivity contribution in [1.29, 1.82) is 0 Å². The van der Waals surface area contributed by atoms with Crippen LogP contribution in [0.1, 0.15) is 32.1 Å². The summed E-state index contributed by atoms with van der Waals surface area (Å²) >= 11 is 0. The molecule has 0 aliphatic carbocycles. The Kier molecular flexibility index (Phi) is 4.60. The predicted octanol–water partition coefficient (Wildman–Crippen LogP) is 0.671. The quantitative estimate of drug-likeness (QED) is 0.724. The molecule has 2 heterocycles. The summed E-state index contributed by atoms with van der Waals surface area (Å²) in [7, 11) is 0. The first-order valence-corrected chi connectivity index (χ1v) is 6.43. The zero-order chi connectivity index (χ0) is 11.2. The van der Waals surface area contributed by atoms with E-state index in [1.54, 1.807) is 0 Å². The predicted molar refractivity (Wildman–Crippen MR) is 62.2 cm³/mol. The highest BCUT2D eigenvalue weighted by atomic mass is 16.5. The van der Waals surface area contributed by atoms with Gasteiger partial charge in [0.25, 0.3) is 0 Å². The fourth-order valence-corrected chi connectivity index (χ4v) is 2.17. The summed E-state index contributed by atoms with van der Waals surface area (Å²) in [6.45, 7) is 3.80. The van der Waals surface area contributed by atoms with Crippen LogP contribution < -0.4 is 10.6 Å². The van der Waals surface area contributed by atoms with Crippen LogP contribution in [0.15, 0.2) is 0 Å². The number of hydrogen-bond donors (Lipinski definition) is 2. The summed E-state index contributed by atoms with van der Waals surface area (Å²) < 4.78 is 5.60. The minimum absolute atomic E-state index is 0.182. The van der Waals surface area contributed by atoms with Gasteiger partial charge in [0.2, 0.25) is 5.91 Å². The van der Waals surface area contributed by atoms with E-state index in [0.717, 1.165) is 39.1 Å². The van der Waals surface area contributed by atoms with E-state index >= 15 is 0 Å². The molecule has 1 unspecified atom stereocenters. The Morgan fingerprint density at radius 1 is 1.38 bits per heavy atom. The van der Waals surface area contributed by atoms with Crippen molar-refractivity contribution >= 4 is 5.91 Å². The molecule has 92 valence electrons. The molecule has 2 rings (SSSR count). The van der Waals surface area contributed by atoms with Crippen LogP contribution in [0, 0.1) is 5.92 Å². The van der Waals surface area contributed by atoms with Crippen molar-refractivity contribution in [2.75, 3.05) is 26.2 Å². The monoisotopic (exact) mass is 226 g/mol. The van der Waals surface area contributed by atoms with Crippen molar-refractivity contribution in [2.24, 2.45) is 5.92 Å². The van der Waals surface area contributed by atoms with E-state index in [1.807, 2.05) is 0 Å². The molecular weight excluding hydrogens is 204 g/mol. The van der Waals surface area contributed by atoms with Crippen molar-refractivity contribution in [2.45, 2.75) is 38.2 Å². The van der Waals surface area contributed by atoms with Crippen molar-refractivity contribution in [3.63, 3.8) is 0 Å². The van der Waals surface area contributed by atoms with Gasteiger partial charge in [0.05, 0.1) is 6.10 Å². The summed E-state index contributed by atoms with van der Waals surface area (Å²) in [4.78, 5) is 11.5. The Labute approximate surface area is 97.1 Å². The summed E-state index contributed by atoms with van der Waals surface area (Å²) in [6, 6.07) is 0. The Hall–Kier alpha value is -0.610. The van der Waals surface area contributed by atoms with Crippen LogP contribution >= 0.6 is 0 Å². The number of amides is 1. The van der Waals surface area contributed by atoms with E-state index in [9.17, 15) is 4.79 Å². The van der Waals surface area contributed by atoms with Crippen LogP contribution in [0.2, 0.25) is 0 Å². The van der Waals surface area contributed by atoms with E-state index < -0.39 is 0 Å². The van der Waals surface area contributed by atoms with Gasteiger partial charge in [-0.05, 0) is 25.7 Å². The number of carbonyl (C=O) groups is 1. The first-order chi connectivity index (χ1) is 7.84. The molecule has 0 spiro atoms. The molecule has 2 aliphatic heterocycles. The van der Waals surface area contributed by atoms with Gasteiger partial charge >= 0.3 is 0 Å². The van der Waals surface area contributed by atoms with Crippen LogP contribution in [0.4, 0.5) is 0 Å². The summed E-state index contributed by atoms with van der Waals surface area (Å²) in [5.41, 5.74) is 0. The number of nitrogens with one attached hydrogen (secondary N) is 2. The largest absolute Gasteiger partial charge is 0.378 e. The minimum atomic E-state index is 0.182. The van der Waals surface area contributed by atoms with Gasteiger partial charge in [0, 0.05) is 38.6 Å². The summed E-state index contributed by atoms with van der Waals surface area (Å²) in [5, 5.41) is 6.19. The lowest BCUT2D eigenvalue weighted by Crippen LogP contribution is -2.48. The molecule has 0 radical (unpaired) electrons. The molecule has 2 fully saturated rings. The van der Waals surface area contributed by atoms with Gasteiger partial charge in [-0.3, -0.25) is 4.79 Å². The Morgan fingerprint density at radius 2 is 2.25 bits per heavy atom. The van der Waals surface area contributed by atoms with Crippen molar-refractivity contribution in [3.8, 4) is 0 Å². The number of rotatable bonds is 5. The summed E-state index contributed by atoms with van der Waals surface area (Å²) in [6.07, 6.45) is 5.38. The van der Waals surface area contributed by atoms with Crippen LogP contribution in [0.5, 0.6) is 0 Å². The third-order valence-corrected chi connectivity index (χ3v) is 3.42. The maximum absolute atomic E-state index is 11.5. The van der Waals surface area contributed by atoms with Gasteiger partial charge < -0.3 is 15.4 Å². The molecule has 4 nitrogen and oxygen atoms in total. The summed E-state index contributed by atoms with van der Waals surface area (Å²) in [5.74, 6) is 0.830. The SMILES string of the molecule is O=C(CCC1CCCCO1)NCC1CNC1. The van der Waals surface area contributed by atoms with E-state index in [0.29, 0.717) is 18.4 Å². The second kappa shape index (κ2) is 6.21. The molecule has 4 heteroatoms. The lowest BCUT2D eigenvalue weighted by Gasteiger charge is -2.27. The molecule has 0 aromatic heterocycles. The zero-order valence-electron chi connectivity index (χ0n) is 9.84. The van der Waals surface area contributed by atoms with E-state index in [-0.39, 0.29) is 5.91 Å². The molecule has 1 amide bonds. The molecule has 0 aromatic rings. The molecule has 0 aromatic carbocycles. The van der Waals surface area contributed by atoms with Gasteiger partial charge in [-0.25, -0.2) is 0 Å². The molecule has 16 heavy (non-hydrogen) atoms. The van der Waals surface area contributed by atoms with Crippen LogP contribution in [-0.2, 0) is 9.53 Å². The topological polar surface area (TPSA) is 50.4 Å². The number of carbonyl (C=O) groups excluding carboxylic acids is 1. The Bertz CT molecular complexity index is 223. The normalized spacial score (nSPS) is 26.1. The smallest absolute Gasteiger partial charge is 0.220 e. The van der Waals surface area contributed by atoms with E-state index in [1.165, 1.54) is 12.8 Å². The fraction of sp³-hybridized carbons (Fsp3) is 0.917. The number of hydrogen-bond acceptors (Lipinski definition) is 3. The Morgan fingerprint density at radius 3 is 2.88 bits per heavy atom. The van der Waals surface area contributed by atoms with Crippen molar-refractivity contribution in [1.82, 2.24) is 10.6 Å².